The monoisotopic (exact) mass is 390 g/mol. The summed E-state index contributed by atoms with van der Waals surface area (Å²) in [5, 5.41) is 2.78. The number of carbonyl (C=O) groups excluding carboxylic acids is 1. The van der Waals surface area contributed by atoms with E-state index in [1.165, 1.54) is 4.67 Å². The van der Waals surface area contributed by atoms with Gasteiger partial charge in [0.05, 0.1) is 6.61 Å². The van der Waals surface area contributed by atoms with Crippen LogP contribution < -0.4 is 5.32 Å². The highest BCUT2D eigenvalue weighted by atomic mass is 31.2. The second-order valence-corrected chi connectivity index (χ2v) is 8.34. The fourth-order valence-corrected chi connectivity index (χ4v) is 3.34. The maximum absolute atomic E-state index is 12.3. The second-order valence-electron chi connectivity index (χ2n) is 6.42. The molecule has 0 saturated heterocycles. The number of rotatable bonds is 10. The normalized spacial score (nSPS) is 13.3. The van der Waals surface area contributed by atoms with Crippen LogP contribution in [0.2, 0.25) is 0 Å². The van der Waals surface area contributed by atoms with Crippen LogP contribution in [0, 0.1) is 6.92 Å². The van der Waals surface area contributed by atoms with Crippen LogP contribution in [0.25, 0.3) is 0 Å². The SMILES string of the molecule is Cc1ccc(C(=O)NCCCOP(=O)(O)N(C)CCc2ccccc2)cc1. The van der Waals surface area contributed by atoms with E-state index in [0.29, 0.717) is 31.5 Å². The molecule has 1 amide bonds. The minimum Gasteiger partial charge on any atom is -0.352 e. The first-order valence-corrected chi connectivity index (χ1v) is 10.5. The van der Waals surface area contributed by atoms with Gasteiger partial charge in [0.15, 0.2) is 0 Å². The van der Waals surface area contributed by atoms with Gasteiger partial charge in [0.25, 0.3) is 5.91 Å². The predicted molar refractivity (Wildman–Crippen MR) is 107 cm³/mol. The third kappa shape index (κ3) is 7.27. The maximum atomic E-state index is 12.3. The third-order valence-electron chi connectivity index (χ3n) is 4.18. The number of carbonyl (C=O) groups is 1. The molecule has 27 heavy (non-hydrogen) atoms. The van der Waals surface area contributed by atoms with Gasteiger partial charge in [-0.3, -0.25) is 9.32 Å². The summed E-state index contributed by atoms with van der Waals surface area (Å²) in [5.74, 6) is -0.165. The first-order chi connectivity index (χ1) is 12.9. The Bertz CT molecular complexity index is 765. The molecule has 2 rings (SSSR count). The Hall–Kier alpha value is -1.98. The van der Waals surface area contributed by atoms with E-state index in [4.69, 9.17) is 4.52 Å². The Morgan fingerprint density at radius 3 is 2.48 bits per heavy atom. The van der Waals surface area contributed by atoms with Crippen LogP contribution in [-0.4, -0.2) is 42.2 Å². The summed E-state index contributed by atoms with van der Waals surface area (Å²) in [4.78, 5) is 22.0. The highest BCUT2D eigenvalue weighted by Gasteiger charge is 2.25. The molecule has 146 valence electrons. The highest BCUT2D eigenvalue weighted by Crippen LogP contribution is 2.44. The third-order valence-corrected chi connectivity index (χ3v) is 5.76. The number of hydrogen-bond donors (Lipinski definition) is 2. The van der Waals surface area contributed by atoms with Gasteiger partial charge >= 0.3 is 7.75 Å². The zero-order valence-corrected chi connectivity index (χ0v) is 16.7. The number of aryl methyl sites for hydroxylation is 1. The van der Waals surface area contributed by atoms with Crippen molar-refractivity contribution in [3.05, 3.63) is 71.3 Å². The van der Waals surface area contributed by atoms with Crippen molar-refractivity contribution in [3.63, 3.8) is 0 Å². The lowest BCUT2D eigenvalue weighted by Gasteiger charge is -2.22. The van der Waals surface area contributed by atoms with Crippen LogP contribution in [0.3, 0.4) is 0 Å². The molecule has 1 unspecified atom stereocenters. The van der Waals surface area contributed by atoms with E-state index in [0.717, 1.165) is 11.1 Å². The van der Waals surface area contributed by atoms with E-state index in [1.54, 1.807) is 19.2 Å². The molecule has 0 aromatic heterocycles. The smallest absolute Gasteiger partial charge is 0.352 e. The summed E-state index contributed by atoms with van der Waals surface area (Å²) in [6.45, 7) is 2.85. The van der Waals surface area contributed by atoms with Gasteiger partial charge < -0.3 is 10.2 Å². The molecule has 0 saturated carbocycles. The van der Waals surface area contributed by atoms with Crippen LogP contribution >= 0.6 is 7.75 Å². The van der Waals surface area contributed by atoms with Crippen molar-refractivity contribution < 1.29 is 18.8 Å². The number of nitrogens with zero attached hydrogens (tertiary/aromatic N) is 1. The van der Waals surface area contributed by atoms with Gasteiger partial charge in [-0.25, -0.2) is 9.24 Å². The average Bonchev–Trinajstić information content (AvgIpc) is 2.67. The fraction of sp³-hybridized carbons (Fsp3) is 0.350. The Morgan fingerprint density at radius 1 is 1.15 bits per heavy atom. The van der Waals surface area contributed by atoms with Gasteiger partial charge in [-0.2, -0.15) is 0 Å². The Labute approximate surface area is 160 Å². The molecule has 7 heteroatoms. The largest absolute Gasteiger partial charge is 0.405 e. The van der Waals surface area contributed by atoms with E-state index in [2.05, 4.69) is 5.32 Å². The van der Waals surface area contributed by atoms with Crippen LogP contribution in [-0.2, 0) is 15.5 Å². The molecular formula is C20H27N2O4P. The zero-order valence-electron chi connectivity index (χ0n) is 15.8. The van der Waals surface area contributed by atoms with Crippen molar-refractivity contribution >= 4 is 13.7 Å². The molecule has 1 atom stereocenters. The van der Waals surface area contributed by atoms with E-state index >= 15 is 0 Å². The summed E-state index contributed by atoms with van der Waals surface area (Å²) in [6, 6.07) is 17.1. The molecule has 0 fully saturated rings. The lowest BCUT2D eigenvalue weighted by molar-refractivity contribution is 0.0951. The second kappa shape index (κ2) is 10.4. The van der Waals surface area contributed by atoms with Crippen molar-refractivity contribution in [3.8, 4) is 0 Å². The number of nitrogens with one attached hydrogen (secondary N) is 1. The summed E-state index contributed by atoms with van der Waals surface area (Å²) in [5.41, 5.74) is 2.79. The number of amides is 1. The molecule has 0 radical (unpaired) electrons. The molecule has 0 bridgehead atoms. The Balaban J connectivity index is 1.66. The van der Waals surface area contributed by atoms with Gasteiger partial charge in [-0.1, -0.05) is 48.0 Å². The van der Waals surface area contributed by atoms with E-state index in [9.17, 15) is 14.3 Å². The van der Waals surface area contributed by atoms with Gasteiger partial charge in [-0.05, 0) is 44.5 Å². The van der Waals surface area contributed by atoms with Gasteiger partial charge in [0.1, 0.15) is 0 Å². The predicted octanol–water partition coefficient (Wildman–Crippen LogP) is 3.41. The fourth-order valence-electron chi connectivity index (χ4n) is 2.43. The highest BCUT2D eigenvalue weighted by molar-refractivity contribution is 7.50. The summed E-state index contributed by atoms with van der Waals surface area (Å²) in [7, 11) is -2.26. The molecule has 0 aliphatic carbocycles. The molecule has 6 nitrogen and oxygen atoms in total. The lowest BCUT2D eigenvalue weighted by atomic mass is 10.1. The van der Waals surface area contributed by atoms with Crippen LogP contribution in [0.4, 0.5) is 0 Å². The van der Waals surface area contributed by atoms with E-state index in [-0.39, 0.29) is 12.5 Å². The maximum Gasteiger partial charge on any atom is 0.405 e. The number of likely N-dealkylation sites (N-methyl/N-ethyl adjacent to an activating group) is 1. The van der Waals surface area contributed by atoms with Gasteiger partial charge in [-0.15, -0.1) is 0 Å². The first-order valence-electron chi connectivity index (χ1n) is 8.96. The Kier molecular flexibility index (Phi) is 8.20. The first kappa shape index (κ1) is 21.3. The zero-order chi connectivity index (χ0) is 19.7. The van der Waals surface area contributed by atoms with Crippen molar-refractivity contribution in [2.75, 3.05) is 26.7 Å². The van der Waals surface area contributed by atoms with Crippen molar-refractivity contribution in [1.82, 2.24) is 9.99 Å². The van der Waals surface area contributed by atoms with Crippen molar-refractivity contribution in [2.24, 2.45) is 0 Å². The molecular weight excluding hydrogens is 363 g/mol. The molecule has 2 aromatic rings. The van der Waals surface area contributed by atoms with Crippen LogP contribution in [0.15, 0.2) is 54.6 Å². The number of benzene rings is 2. The molecule has 2 N–H and O–H groups in total. The molecule has 0 aliphatic heterocycles. The minimum absolute atomic E-state index is 0.0949. The number of hydrogen-bond acceptors (Lipinski definition) is 3. The lowest BCUT2D eigenvalue weighted by Crippen LogP contribution is -2.25. The topological polar surface area (TPSA) is 78.9 Å². The van der Waals surface area contributed by atoms with Gasteiger partial charge in [0.2, 0.25) is 0 Å². The standard InChI is InChI=1S/C20H27N2O4P/c1-17-9-11-19(12-10-17)20(23)21-14-6-16-26-27(24,25)22(2)15-13-18-7-4-3-5-8-18/h3-5,7-12H,6,13-16H2,1-2H3,(H,21,23)(H,24,25). The van der Waals surface area contributed by atoms with Crippen LogP contribution in [0.1, 0.15) is 27.9 Å². The Morgan fingerprint density at radius 2 is 1.81 bits per heavy atom. The average molecular weight is 390 g/mol. The quantitative estimate of drug-likeness (QED) is 0.480. The van der Waals surface area contributed by atoms with Crippen molar-refractivity contribution in [2.45, 2.75) is 19.8 Å². The summed E-state index contributed by atoms with van der Waals surface area (Å²) < 4.78 is 18.8. The molecule has 0 heterocycles. The van der Waals surface area contributed by atoms with E-state index < -0.39 is 7.75 Å². The van der Waals surface area contributed by atoms with E-state index in [1.807, 2.05) is 49.4 Å². The minimum atomic E-state index is -3.83. The summed E-state index contributed by atoms with van der Waals surface area (Å²) in [6.07, 6.45) is 1.12. The van der Waals surface area contributed by atoms with Crippen molar-refractivity contribution in [1.29, 1.82) is 0 Å². The summed E-state index contributed by atoms with van der Waals surface area (Å²) >= 11 is 0. The molecule has 2 aromatic carbocycles. The molecule has 0 aliphatic rings. The van der Waals surface area contributed by atoms with Gasteiger partial charge in [0, 0.05) is 18.7 Å². The molecule has 0 spiro atoms. The van der Waals surface area contributed by atoms with Crippen LogP contribution in [0.5, 0.6) is 0 Å².